The van der Waals surface area contributed by atoms with Gasteiger partial charge in [0.25, 0.3) is 5.56 Å². The molecule has 4 heteroatoms. The lowest BCUT2D eigenvalue weighted by Gasteiger charge is -2.09. The van der Waals surface area contributed by atoms with Gasteiger partial charge in [0.1, 0.15) is 0 Å². The zero-order valence-corrected chi connectivity index (χ0v) is 11.9. The fraction of sp³-hybridized carbons (Fsp3) is 0.267. The van der Waals surface area contributed by atoms with Crippen LogP contribution in [0.1, 0.15) is 18.1 Å². The van der Waals surface area contributed by atoms with Crippen LogP contribution >= 0.6 is 11.6 Å². The Kier molecular flexibility index (Phi) is 4.27. The van der Waals surface area contributed by atoms with Gasteiger partial charge in [-0.3, -0.25) is 4.79 Å². The summed E-state index contributed by atoms with van der Waals surface area (Å²) in [6, 6.07) is 9.38. The monoisotopic (exact) mass is 276 g/mol. The van der Waals surface area contributed by atoms with Crippen LogP contribution < -0.4 is 10.9 Å². The van der Waals surface area contributed by atoms with Crippen molar-refractivity contribution < 1.29 is 0 Å². The Balaban J connectivity index is 2.10. The molecule has 2 rings (SSSR count). The van der Waals surface area contributed by atoms with Gasteiger partial charge in [0.15, 0.2) is 0 Å². The van der Waals surface area contributed by atoms with Gasteiger partial charge in [-0.1, -0.05) is 23.7 Å². The van der Waals surface area contributed by atoms with Crippen molar-refractivity contribution in [3.05, 3.63) is 63.0 Å². The lowest BCUT2D eigenvalue weighted by atomic mass is 10.1. The van der Waals surface area contributed by atoms with Gasteiger partial charge in [0.05, 0.1) is 5.69 Å². The summed E-state index contributed by atoms with van der Waals surface area (Å²) in [7, 11) is 0. The van der Waals surface area contributed by atoms with Crippen LogP contribution in [0.4, 0.5) is 5.69 Å². The van der Waals surface area contributed by atoms with E-state index < -0.39 is 0 Å². The molecule has 0 fully saturated rings. The van der Waals surface area contributed by atoms with Crippen LogP contribution in [0.5, 0.6) is 0 Å². The molecule has 0 saturated heterocycles. The third-order valence-electron chi connectivity index (χ3n) is 3.06. The zero-order chi connectivity index (χ0) is 13.8. The van der Waals surface area contributed by atoms with E-state index in [1.165, 1.54) is 0 Å². The lowest BCUT2D eigenvalue weighted by Crippen LogP contribution is -2.17. The topological polar surface area (TPSA) is 34.0 Å². The third-order valence-corrected chi connectivity index (χ3v) is 3.46. The smallest absolute Gasteiger partial charge is 0.250 e. The molecule has 1 heterocycles. The molecule has 3 nitrogen and oxygen atoms in total. The number of hydrogen-bond acceptors (Lipinski definition) is 2. The Morgan fingerprint density at radius 3 is 2.74 bits per heavy atom. The van der Waals surface area contributed by atoms with Crippen molar-refractivity contribution in [2.75, 3.05) is 5.32 Å². The summed E-state index contributed by atoms with van der Waals surface area (Å²) in [5, 5.41) is 4.07. The van der Waals surface area contributed by atoms with Crippen molar-refractivity contribution in [3.8, 4) is 0 Å². The molecule has 0 aliphatic rings. The highest BCUT2D eigenvalue weighted by Crippen LogP contribution is 2.17. The molecule has 0 spiro atoms. The summed E-state index contributed by atoms with van der Waals surface area (Å²) < 4.78 is 1.67. The number of anilines is 1. The van der Waals surface area contributed by atoms with Crippen LogP contribution in [0.25, 0.3) is 0 Å². The summed E-state index contributed by atoms with van der Waals surface area (Å²) in [6.45, 7) is 5.29. The number of nitrogens with zero attached hydrogens (tertiary/aromatic N) is 1. The van der Waals surface area contributed by atoms with E-state index in [1.54, 1.807) is 16.7 Å². The van der Waals surface area contributed by atoms with E-state index in [4.69, 9.17) is 11.6 Å². The lowest BCUT2D eigenvalue weighted by molar-refractivity contribution is 0.727. The van der Waals surface area contributed by atoms with E-state index in [0.717, 1.165) is 21.8 Å². The molecule has 100 valence electrons. The van der Waals surface area contributed by atoms with Crippen LogP contribution in [0.3, 0.4) is 0 Å². The van der Waals surface area contributed by atoms with Gasteiger partial charge in [0.2, 0.25) is 0 Å². The van der Waals surface area contributed by atoms with Gasteiger partial charge in [-0.15, -0.1) is 0 Å². The number of aryl methyl sites for hydroxylation is 2. The van der Waals surface area contributed by atoms with E-state index in [2.05, 4.69) is 5.32 Å². The van der Waals surface area contributed by atoms with E-state index in [1.807, 2.05) is 38.2 Å². The van der Waals surface area contributed by atoms with Crippen molar-refractivity contribution in [2.24, 2.45) is 0 Å². The molecule has 2 aromatic rings. The second-order valence-corrected chi connectivity index (χ2v) is 4.89. The van der Waals surface area contributed by atoms with E-state index in [0.29, 0.717) is 13.1 Å². The molecular weight excluding hydrogens is 260 g/mol. The second-order valence-electron chi connectivity index (χ2n) is 4.48. The molecule has 0 saturated carbocycles. The Morgan fingerprint density at radius 1 is 1.26 bits per heavy atom. The van der Waals surface area contributed by atoms with Gasteiger partial charge in [-0.05, 0) is 37.1 Å². The summed E-state index contributed by atoms with van der Waals surface area (Å²) >= 11 is 6.09. The molecular formula is C15H17ClN2O. The molecule has 0 atom stereocenters. The van der Waals surface area contributed by atoms with Crippen LogP contribution in [0.15, 0.2) is 41.3 Å². The minimum Gasteiger partial charge on any atom is -0.380 e. The van der Waals surface area contributed by atoms with Gasteiger partial charge in [-0.25, -0.2) is 0 Å². The van der Waals surface area contributed by atoms with Crippen molar-refractivity contribution >= 4 is 17.3 Å². The highest BCUT2D eigenvalue weighted by Gasteiger charge is 2.00. The van der Waals surface area contributed by atoms with Crippen molar-refractivity contribution in [1.82, 2.24) is 4.57 Å². The summed E-state index contributed by atoms with van der Waals surface area (Å²) in [5.41, 5.74) is 3.14. The maximum atomic E-state index is 11.5. The molecule has 1 N–H and O–H groups in total. The van der Waals surface area contributed by atoms with Crippen molar-refractivity contribution in [3.63, 3.8) is 0 Å². The molecule has 0 radical (unpaired) electrons. The van der Waals surface area contributed by atoms with Gasteiger partial charge < -0.3 is 9.88 Å². The number of benzene rings is 1. The number of rotatable bonds is 4. The van der Waals surface area contributed by atoms with Gasteiger partial charge >= 0.3 is 0 Å². The molecule has 0 aliphatic carbocycles. The van der Waals surface area contributed by atoms with Crippen LogP contribution in [-0.2, 0) is 13.1 Å². The first kappa shape index (κ1) is 13.7. The Morgan fingerprint density at radius 2 is 2.05 bits per heavy atom. The number of halogens is 1. The van der Waals surface area contributed by atoms with Crippen molar-refractivity contribution in [2.45, 2.75) is 26.9 Å². The fourth-order valence-electron chi connectivity index (χ4n) is 1.83. The first-order valence-corrected chi connectivity index (χ1v) is 6.67. The molecule has 0 bridgehead atoms. The second kappa shape index (κ2) is 5.93. The number of nitrogens with one attached hydrogen (secondary N) is 1. The summed E-state index contributed by atoms with van der Waals surface area (Å²) in [5.74, 6) is 0. The van der Waals surface area contributed by atoms with Gasteiger partial charge in [0, 0.05) is 30.4 Å². The largest absolute Gasteiger partial charge is 0.380 e. The molecule has 0 amide bonds. The average molecular weight is 277 g/mol. The van der Waals surface area contributed by atoms with Crippen LogP contribution in [0.2, 0.25) is 5.02 Å². The minimum atomic E-state index is 0.0198. The highest BCUT2D eigenvalue weighted by molar-refractivity contribution is 6.31. The average Bonchev–Trinajstić information content (AvgIpc) is 2.41. The minimum absolute atomic E-state index is 0.0198. The first-order chi connectivity index (χ1) is 9.10. The van der Waals surface area contributed by atoms with Crippen LogP contribution in [0, 0.1) is 6.92 Å². The fourth-order valence-corrected chi connectivity index (χ4v) is 2.04. The standard InChI is InChI=1S/C15H17ClN2O/c1-3-18-10-13(6-7-15(18)19)17-9-12-5-4-11(2)14(16)8-12/h4-8,10,17H,3,9H2,1-2H3. The third kappa shape index (κ3) is 3.38. The molecule has 19 heavy (non-hydrogen) atoms. The molecule has 1 aromatic heterocycles. The number of aromatic nitrogens is 1. The Labute approximate surface area is 117 Å². The number of hydrogen-bond donors (Lipinski definition) is 1. The molecule has 1 aromatic carbocycles. The zero-order valence-electron chi connectivity index (χ0n) is 11.1. The van der Waals surface area contributed by atoms with E-state index in [-0.39, 0.29) is 5.56 Å². The Hall–Kier alpha value is -1.74. The maximum absolute atomic E-state index is 11.5. The summed E-state index contributed by atoms with van der Waals surface area (Å²) in [6.07, 6.45) is 1.83. The molecule has 0 aliphatic heterocycles. The maximum Gasteiger partial charge on any atom is 0.250 e. The first-order valence-electron chi connectivity index (χ1n) is 6.29. The van der Waals surface area contributed by atoms with E-state index in [9.17, 15) is 4.79 Å². The van der Waals surface area contributed by atoms with Crippen LogP contribution in [-0.4, -0.2) is 4.57 Å². The van der Waals surface area contributed by atoms with E-state index >= 15 is 0 Å². The Bertz CT molecular complexity index is 634. The van der Waals surface area contributed by atoms with Gasteiger partial charge in [-0.2, -0.15) is 0 Å². The predicted octanol–water partition coefficient (Wildman–Crippen LogP) is 3.44. The quantitative estimate of drug-likeness (QED) is 0.928. The number of pyridine rings is 1. The highest BCUT2D eigenvalue weighted by atomic mass is 35.5. The predicted molar refractivity (Wildman–Crippen MR) is 79.9 cm³/mol. The molecule has 0 unspecified atom stereocenters. The summed E-state index contributed by atoms with van der Waals surface area (Å²) in [4.78, 5) is 11.5. The SMILES string of the molecule is CCn1cc(NCc2ccc(C)c(Cl)c2)ccc1=O. The van der Waals surface area contributed by atoms with Crippen molar-refractivity contribution in [1.29, 1.82) is 0 Å². The normalized spacial score (nSPS) is 10.5.